The summed E-state index contributed by atoms with van der Waals surface area (Å²) in [5.74, 6) is 1.12. The van der Waals surface area contributed by atoms with Crippen molar-refractivity contribution < 1.29 is 9.53 Å². The highest BCUT2D eigenvalue weighted by atomic mass is 16.5. The number of nitrogen functional groups attached to an aromatic ring is 1. The SMILES string of the molecule is CCCCc1nc2c(N)nc3ccccc3c2n1Cc1ccc(C(=O)OC)cc1. The Morgan fingerprint density at radius 1 is 1.10 bits per heavy atom. The van der Waals surface area contributed by atoms with Gasteiger partial charge in [-0.2, -0.15) is 0 Å². The average molecular weight is 388 g/mol. The predicted molar refractivity (Wildman–Crippen MR) is 115 cm³/mol. The fraction of sp³-hybridized carbons (Fsp3) is 0.261. The molecule has 4 rings (SSSR count). The zero-order valence-corrected chi connectivity index (χ0v) is 16.7. The number of benzene rings is 2. The molecule has 0 spiro atoms. The maximum absolute atomic E-state index is 11.7. The van der Waals surface area contributed by atoms with Crippen LogP contribution in [0.15, 0.2) is 48.5 Å². The van der Waals surface area contributed by atoms with Crippen LogP contribution in [0.4, 0.5) is 5.82 Å². The molecular weight excluding hydrogens is 364 g/mol. The Morgan fingerprint density at radius 3 is 2.59 bits per heavy atom. The molecule has 0 amide bonds. The highest BCUT2D eigenvalue weighted by Crippen LogP contribution is 2.30. The number of ether oxygens (including phenoxy) is 1. The summed E-state index contributed by atoms with van der Waals surface area (Å²) < 4.78 is 7.02. The summed E-state index contributed by atoms with van der Waals surface area (Å²) in [6.45, 7) is 2.81. The summed E-state index contributed by atoms with van der Waals surface area (Å²) in [4.78, 5) is 21.1. The van der Waals surface area contributed by atoms with Gasteiger partial charge in [0.25, 0.3) is 0 Å². The van der Waals surface area contributed by atoms with Crippen LogP contribution in [-0.4, -0.2) is 27.6 Å². The lowest BCUT2D eigenvalue weighted by molar-refractivity contribution is 0.0600. The second-order valence-electron chi connectivity index (χ2n) is 7.12. The number of aryl methyl sites for hydroxylation is 1. The highest BCUT2D eigenvalue weighted by Gasteiger charge is 2.17. The number of hydrogen-bond donors (Lipinski definition) is 1. The molecule has 0 radical (unpaired) electrons. The van der Waals surface area contributed by atoms with Crippen LogP contribution in [0.5, 0.6) is 0 Å². The minimum absolute atomic E-state index is 0.335. The van der Waals surface area contributed by atoms with Crippen molar-refractivity contribution in [2.45, 2.75) is 32.7 Å². The van der Waals surface area contributed by atoms with E-state index in [2.05, 4.69) is 22.5 Å². The topological polar surface area (TPSA) is 83.0 Å². The maximum Gasteiger partial charge on any atom is 0.337 e. The van der Waals surface area contributed by atoms with Crippen LogP contribution in [-0.2, 0) is 17.7 Å². The summed E-state index contributed by atoms with van der Waals surface area (Å²) in [5.41, 5.74) is 10.5. The monoisotopic (exact) mass is 388 g/mol. The van der Waals surface area contributed by atoms with E-state index in [0.717, 1.165) is 52.6 Å². The molecule has 2 N–H and O–H groups in total. The van der Waals surface area contributed by atoms with Gasteiger partial charge in [0.15, 0.2) is 5.82 Å². The fourth-order valence-electron chi connectivity index (χ4n) is 3.65. The third kappa shape index (κ3) is 3.53. The number of methoxy groups -OCH3 is 1. The third-order valence-corrected chi connectivity index (χ3v) is 5.16. The van der Waals surface area contributed by atoms with Gasteiger partial charge in [0.1, 0.15) is 11.3 Å². The van der Waals surface area contributed by atoms with E-state index in [-0.39, 0.29) is 5.97 Å². The average Bonchev–Trinajstić information content (AvgIpc) is 3.11. The van der Waals surface area contributed by atoms with Gasteiger partial charge in [-0.15, -0.1) is 0 Å². The lowest BCUT2D eigenvalue weighted by atomic mass is 10.1. The Bertz CT molecular complexity index is 1180. The van der Waals surface area contributed by atoms with Crippen LogP contribution >= 0.6 is 0 Å². The van der Waals surface area contributed by atoms with Gasteiger partial charge in [-0.1, -0.05) is 43.7 Å². The number of pyridine rings is 1. The minimum Gasteiger partial charge on any atom is -0.465 e. The second-order valence-corrected chi connectivity index (χ2v) is 7.12. The first-order chi connectivity index (χ1) is 14.1. The molecule has 0 aliphatic heterocycles. The van der Waals surface area contributed by atoms with Crippen LogP contribution in [0.25, 0.3) is 21.9 Å². The summed E-state index contributed by atoms with van der Waals surface area (Å²) in [7, 11) is 1.39. The number of rotatable bonds is 6. The number of nitrogens with zero attached hydrogens (tertiary/aromatic N) is 3. The number of anilines is 1. The van der Waals surface area contributed by atoms with Gasteiger partial charge in [-0.05, 0) is 30.2 Å². The molecule has 29 heavy (non-hydrogen) atoms. The van der Waals surface area contributed by atoms with Crippen molar-refractivity contribution in [2.75, 3.05) is 12.8 Å². The summed E-state index contributed by atoms with van der Waals surface area (Å²) in [6.07, 6.45) is 3.01. The van der Waals surface area contributed by atoms with Gasteiger partial charge < -0.3 is 15.0 Å². The predicted octanol–water partition coefficient (Wildman–Crippen LogP) is 4.34. The van der Waals surface area contributed by atoms with Crippen molar-refractivity contribution in [3.05, 3.63) is 65.5 Å². The first-order valence-corrected chi connectivity index (χ1v) is 9.83. The molecule has 0 unspecified atom stereocenters. The van der Waals surface area contributed by atoms with Crippen molar-refractivity contribution in [2.24, 2.45) is 0 Å². The number of fused-ring (bicyclic) bond motifs is 3. The van der Waals surface area contributed by atoms with Gasteiger partial charge in [-0.25, -0.2) is 14.8 Å². The third-order valence-electron chi connectivity index (χ3n) is 5.16. The fourth-order valence-corrected chi connectivity index (χ4v) is 3.65. The first kappa shape index (κ1) is 18.9. The molecule has 0 bridgehead atoms. The quantitative estimate of drug-likeness (QED) is 0.497. The Kier molecular flexibility index (Phi) is 5.16. The van der Waals surface area contributed by atoms with Crippen LogP contribution in [0.3, 0.4) is 0 Å². The van der Waals surface area contributed by atoms with E-state index in [4.69, 9.17) is 15.5 Å². The van der Waals surface area contributed by atoms with E-state index >= 15 is 0 Å². The zero-order chi connectivity index (χ0) is 20.4. The van der Waals surface area contributed by atoms with Crippen LogP contribution < -0.4 is 5.73 Å². The normalized spacial score (nSPS) is 11.2. The molecular formula is C23H24N4O2. The number of para-hydroxylation sites is 1. The number of unbranched alkanes of at least 4 members (excludes halogenated alkanes) is 1. The minimum atomic E-state index is -0.335. The number of hydrogen-bond acceptors (Lipinski definition) is 5. The van der Waals surface area contributed by atoms with Gasteiger partial charge in [-0.3, -0.25) is 0 Å². The summed E-state index contributed by atoms with van der Waals surface area (Å²) in [6, 6.07) is 15.5. The molecule has 0 atom stereocenters. The summed E-state index contributed by atoms with van der Waals surface area (Å²) in [5, 5.41) is 1.04. The Labute approximate surface area is 169 Å². The van der Waals surface area contributed by atoms with E-state index in [9.17, 15) is 4.79 Å². The number of imidazole rings is 1. The molecule has 6 heteroatoms. The van der Waals surface area contributed by atoms with Crippen molar-refractivity contribution in [1.82, 2.24) is 14.5 Å². The molecule has 0 fully saturated rings. The van der Waals surface area contributed by atoms with E-state index in [1.807, 2.05) is 30.3 Å². The van der Waals surface area contributed by atoms with Crippen LogP contribution in [0.1, 0.15) is 41.5 Å². The van der Waals surface area contributed by atoms with Crippen LogP contribution in [0, 0.1) is 0 Å². The van der Waals surface area contributed by atoms with E-state index in [1.165, 1.54) is 7.11 Å². The van der Waals surface area contributed by atoms with Crippen molar-refractivity contribution in [3.63, 3.8) is 0 Å². The number of aromatic nitrogens is 3. The smallest absolute Gasteiger partial charge is 0.337 e. The Balaban J connectivity index is 1.85. The van der Waals surface area contributed by atoms with Crippen molar-refractivity contribution >= 4 is 33.7 Å². The van der Waals surface area contributed by atoms with Gasteiger partial charge in [0.2, 0.25) is 0 Å². The molecule has 6 nitrogen and oxygen atoms in total. The van der Waals surface area contributed by atoms with E-state index in [1.54, 1.807) is 12.1 Å². The summed E-state index contributed by atoms with van der Waals surface area (Å²) >= 11 is 0. The van der Waals surface area contributed by atoms with Crippen LogP contribution in [0.2, 0.25) is 0 Å². The molecule has 2 aromatic carbocycles. The zero-order valence-electron chi connectivity index (χ0n) is 16.7. The van der Waals surface area contributed by atoms with Crippen molar-refractivity contribution in [1.29, 1.82) is 0 Å². The standard InChI is InChI=1S/C23H24N4O2/c1-3-4-9-19-26-20-21(17-7-5-6-8-18(17)25-22(20)24)27(19)14-15-10-12-16(13-11-15)23(28)29-2/h5-8,10-13H,3-4,9,14H2,1-2H3,(H2,24,25). The first-order valence-electron chi connectivity index (χ1n) is 9.83. The number of carbonyl (C=O) groups excluding carboxylic acids is 1. The molecule has 4 aromatic rings. The van der Waals surface area contributed by atoms with E-state index in [0.29, 0.717) is 17.9 Å². The molecule has 0 aliphatic rings. The number of carbonyl (C=O) groups is 1. The van der Waals surface area contributed by atoms with Crippen molar-refractivity contribution in [3.8, 4) is 0 Å². The molecule has 0 saturated heterocycles. The highest BCUT2D eigenvalue weighted by molar-refractivity contribution is 6.06. The number of esters is 1. The molecule has 0 saturated carbocycles. The molecule has 2 aromatic heterocycles. The van der Waals surface area contributed by atoms with E-state index < -0.39 is 0 Å². The van der Waals surface area contributed by atoms with Gasteiger partial charge in [0.05, 0.1) is 23.7 Å². The Hall–Kier alpha value is -3.41. The lowest BCUT2D eigenvalue weighted by Crippen LogP contribution is -2.07. The molecule has 0 aliphatic carbocycles. The van der Waals surface area contributed by atoms with Gasteiger partial charge >= 0.3 is 5.97 Å². The molecule has 2 heterocycles. The molecule has 148 valence electrons. The number of nitrogens with two attached hydrogens (primary N) is 1. The largest absolute Gasteiger partial charge is 0.465 e. The van der Waals surface area contributed by atoms with Gasteiger partial charge in [0, 0.05) is 18.4 Å². The maximum atomic E-state index is 11.7. The Morgan fingerprint density at radius 2 is 1.86 bits per heavy atom. The second kappa shape index (κ2) is 7.91. The lowest BCUT2D eigenvalue weighted by Gasteiger charge is -2.11.